The summed E-state index contributed by atoms with van der Waals surface area (Å²) >= 11 is 2.14. The van der Waals surface area contributed by atoms with Crippen molar-refractivity contribution >= 4 is 11.8 Å². The minimum atomic E-state index is 0.708. The number of nitrogens with zero attached hydrogens (tertiary/aromatic N) is 2. The number of likely N-dealkylation sites (tertiary alicyclic amines) is 2. The highest BCUT2D eigenvalue weighted by Gasteiger charge is 2.47. The predicted octanol–water partition coefficient (Wildman–Crippen LogP) is 1.52. The first-order valence-electron chi connectivity index (χ1n) is 6.28. The van der Waals surface area contributed by atoms with E-state index < -0.39 is 0 Å². The van der Waals surface area contributed by atoms with Crippen LogP contribution >= 0.6 is 11.8 Å². The van der Waals surface area contributed by atoms with E-state index in [1.165, 1.54) is 56.9 Å². The van der Waals surface area contributed by atoms with Gasteiger partial charge in [0, 0.05) is 31.1 Å². The summed E-state index contributed by atoms with van der Waals surface area (Å²) in [4.78, 5) is 5.27. The molecule has 3 rings (SSSR count). The Morgan fingerprint density at radius 1 is 1.13 bits per heavy atom. The lowest BCUT2D eigenvalue weighted by Crippen LogP contribution is -2.56. The van der Waals surface area contributed by atoms with E-state index in [0.717, 1.165) is 6.04 Å². The maximum atomic E-state index is 2.80. The molecule has 0 N–H and O–H groups in total. The number of hydrogen-bond donors (Lipinski definition) is 0. The molecule has 3 heterocycles. The fourth-order valence-electron chi connectivity index (χ4n) is 3.69. The zero-order chi connectivity index (χ0) is 10.3. The second-order valence-electron chi connectivity index (χ2n) is 5.74. The first-order chi connectivity index (χ1) is 7.27. The molecular formula is C12H22N2S. The standard InChI is InChI=1S/C12H22N2S/c1-13-8-12(9-13)4-5-14(10-12)11-2-6-15-7-3-11/h11H,2-10H2,1H3. The van der Waals surface area contributed by atoms with Gasteiger partial charge in [-0.25, -0.2) is 0 Å². The van der Waals surface area contributed by atoms with Crippen LogP contribution in [-0.4, -0.2) is 60.6 Å². The molecule has 0 radical (unpaired) electrons. The molecule has 0 aliphatic carbocycles. The van der Waals surface area contributed by atoms with Crippen LogP contribution in [0.2, 0.25) is 0 Å². The van der Waals surface area contributed by atoms with Crippen LogP contribution in [0.15, 0.2) is 0 Å². The Kier molecular flexibility index (Phi) is 2.74. The lowest BCUT2D eigenvalue weighted by atomic mass is 9.79. The van der Waals surface area contributed by atoms with Crippen LogP contribution in [0.25, 0.3) is 0 Å². The Hall–Kier alpha value is 0.270. The van der Waals surface area contributed by atoms with E-state index >= 15 is 0 Å². The zero-order valence-corrected chi connectivity index (χ0v) is 10.6. The van der Waals surface area contributed by atoms with Gasteiger partial charge in [0.05, 0.1) is 0 Å². The van der Waals surface area contributed by atoms with Crippen molar-refractivity contribution in [2.45, 2.75) is 25.3 Å². The van der Waals surface area contributed by atoms with E-state index in [-0.39, 0.29) is 0 Å². The van der Waals surface area contributed by atoms with Gasteiger partial charge >= 0.3 is 0 Å². The Morgan fingerprint density at radius 3 is 2.53 bits per heavy atom. The summed E-state index contributed by atoms with van der Waals surface area (Å²) in [7, 11) is 2.26. The Balaban J connectivity index is 1.56. The summed E-state index contributed by atoms with van der Waals surface area (Å²) in [6.07, 6.45) is 4.34. The highest BCUT2D eigenvalue weighted by molar-refractivity contribution is 7.99. The molecule has 15 heavy (non-hydrogen) atoms. The highest BCUT2D eigenvalue weighted by atomic mass is 32.2. The average molecular weight is 226 g/mol. The van der Waals surface area contributed by atoms with Gasteiger partial charge in [-0.1, -0.05) is 0 Å². The average Bonchev–Trinajstić information content (AvgIpc) is 2.64. The van der Waals surface area contributed by atoms with Gasteiger partial charge in [0.1, 0.15) is 0 Å². The van der Waals surface area contributed by atoms with Gasteiger partial charge < -0.3 is 4.90 Å². The van der Waals surface area contributed by atoms with E-state index in [2.05, 4.69) is 28.6 Å². The van der Waals surface area contributed by atoms with Gasteiger partial charge in [0.15, 0.2) is 0 Å². The van der Waals surface area contributed by atoms with E-state index in [1.807, 2.05) is 0 Å². The summed E-state index contributed by atoms with van der Waals surface area (Å²) in [6, 6.07) is 0.927. The van der Waals surface area contributed by atoms with Crippen molar-refractivity contribution in [3.8, 4) is 0 Å². The molecule has 0 aromatic rings. The van der Waals surface area contributed by atoms with Crippen LogP contribution in [0.4, 0.5) is 0 Å². The molecule has 3 saturated heterocycles. The van der Waals surface area contributed by atoms with E-state index in [1.54, 1.807) is 0 Å². The first kappa shape index (κ1) is 10.4. The maximum absolute atomic E-state index is 2.80. The molecule has 0 unspecified atom stereocenters. The smallest absolute Gasteiger partial charge is 0.0111 e. The maximum Gasteiger partial charge on any atom is 0.0111 e. The normalized spacial score (nSPS) is 33.4. The van der Waals surface area contributed by atoms with Crippen molar-refractivity contribution in [2.24, 2.45) is 5.41 Å². The molecule has 3 fully saturated rings. The minimum absolute atomic E-state index is 0.708. The van der Waals surface area contributed by atoms with Crippen LogP contribution in [0.3, 0.4) is 0 Å². The van der Waals surface area contributed by atoms with Gasteiger partial charge in [-0.2, -0.15) is 11.8 Å². The van der Waals surface area contributed by atoms with Crippen LogP contribution in [0.5, 0.6) is 0 Å². The molecule has 0 atom stereocenters. The largest absolute Gasteiger partial charge is 0.305 e. The molecular weight excluding hydrogens is 204 g/mol. The fraction of sp³-hybridized carbons (Fsp3) is 1.00. The Bertz CT molecular complexity index is 232. The summed E-state index contributed by atoms with van der Waals surface area (Å²) in [6.45, 7) is 5.48. The van der Waals surface area contributed by atoms with Crippen molar-refractivity contribution in [3.63, 3.8) is 0 Å². The van der Waals surface area contributed by atoms with Gasteiger partial charge in [0.2, 0.25) is 0 Å². The highest BCUT2D eigenvalue weighted by Crippen LogP contribution is 2.40. The second-order valence-corrected chi connectivity index (χ2v) is 6.96. The topological polar surface area (TPSA) is 6.48 Å². The first-order valence-corrected chi connectivity index (χ1v) is 7.43. The predicted molar refractivity (Wildman–Crippen MR) is 66.5 cm³/mol. The summed E-state index contributed by atoms with van der Waals surface area (Å²) < 4.78 is 0. The van der Waals surface area contributed by atoms with Crippen molar-refractivity contribution in [1.82, 2.24) is 9.80 Å². The van der Waals surface area contributed by atoms with Crippen LogP contribution in [0, 0.1) is 5.41 Å². The van der Waals surface area contributed by atoms with E-state index in [4.69, 9.17) is 0 Å². The third-order valence-corrected chi connectivity index (χ3v) is 5.43. The molecule has 0 bridgehead atoms. The molecule has 3 aliphatic heterocycles. The van der Waals surface area contributed by atoms with Gasteiger partial charge in [-0.05, 0) is 44.4 Å². The fourth-order valence-corrected chi connectivity index (χ4v) is 4.77. The van der Waals surface area contributed by atoms with Crippen LogP contribution in [0.1, 0.15) is 19.3 Å². The van der Waals surface area contributed by atoms with E-state index in [9.17, 15) is 0 Å². The second kappa shape index (κ2) is 3.94. The lowest BCUT2D eigenvalue weighted by Gasteiger charge is -2.46. The molecule has 0 amide bonds. The van der Waals surface area contributed by atoms with Gasteiger partial charge in [0.25, 0.3) is 0 Å². The molecule has 0 aromatic carbocycles. The third kappa shape index (κ3) is 1.94. The van der Waals surface area contributed by atoms with Crippen molar-refractivity contribution < 1.29 is 0 Å². The van der Waals surface area contributed by atoms with Crippen molar-refractivity contribution in [1.29, 1.82) is 0 Å². The number of hydrogen-bond acceptors (Lipinski definition) is 3. The SMILES string of the molecule is CN1CC2(CCN(C3CCSCC3)C2)C1. The van der Waals surface area contributed by atoms with Crippen LogP contribution < -0.4 is 0 Å². The molecule has 0 aromatic heterocycles. The summed E-state index contributed by atoms with van der Waals surface area (Å²) in [5, 5.41) is 0. The minimum Gasteiger partial charge on any atom is -0.305 e. The van der Waals surface area contributed by atoms with Crippen LogP contribution in [-0.2, 0) is 0 Å². The van der Waals surface area contributed by atoms with Gasteiger partial charge in [-0.3, -0.25) is 4.90 Å². The van der Waals surface area contributed by atoms with Crippen molar-refractivity contribution in [3.05, 3.63) is 0 Å². The number of thioether (sulfide) groups is 1. The molecule has 3 aliphatic rings. The molecule has 2 nitrogen and oxygen atoms in total. The quantitative estimate of drug-likeness (QED) is 0.669. The van der Waals surface area contributed by atoms with Crippen molar-refractivity contribution in [2.75, 3.05) is 44.7 Å². The summed E-state index contributed by atoms with van der Waals surface area (Å²) in [5.74, 6) is 2.79. The molecule has 1 spiro atoms. The molecule has 0 saturated carbocycles. The summed E-state index contributed by atoms with van der Waals surface area (Å²) in [5.41, 5.74) is 0.708. The van der Waals surface area contributed by atoms with E-state index in [0.29, 0.717) is 5.41 Å². The molecule has 86 valence electrons. The number of rotatable bonds is 1. The molecule has 3 heteroatoms. The zero-order valence-electron chi connectivity index (χ0n) is 9.74. The third-order valence-electron chi connectivity index (χ3n) is 4.39. The van der Waals surface area contributed by atoms with Gasteiger partial charge in [-0.15, -0.1) is 0 Å². The Morgan fingerprint density at radius 2 is 1.87 bits per heavy atom. The Labute approximate surface area is 97.4 Å². The monoisotopic (exact) mass is 226 g/mol. The lowest BCUT2D eigenvalue weighted by molar-refractivity contribution is 0.0259.